The van der Waals surface area contributed by atoms with E-state index in [9.17, 15) is 21.6 Å². The number of nitrogens with one attached hydrogen (secondary N) is 1. The molecule has 1 N–H and O–H groups in total. The third kappa shape index (κ3) is 4.61. The number of fused-ring (bicyclic) bond motifs is 2. The minimum Gasteiger partial charge on any atom is -0.316 e. The Morgan fingerprint density at radius 2 is 1.54 bits per heavy atom. The molecule has 6 rings (SSSR count). The van der Waals surface area contributed by atoms with Crippen LogP contribution in [0.4, 0.5) is 18.9 Å². The lowest BCUT2D eigenvalue weighted by molar-refractivity contribution is -0.137. The molecule has 2 heterocycles. The molecule has 0 bridgehead atoms. The summed E-state index contributed by atoms with van der Waals surface area (Å²) in [5, 5.41) is 1.57. The lowest BCUT2D eigenvalue weighted by Crippen LogP contribution is -2.14. The zero-order chi connectivity index (χ0) is 27.2. The fourth-order valence-electron chi connectivity index (χ4n) is 4.71. The number of aromatic nitrogens is 2. The molecule has 4 aromatic carbocycles. The summed E-state index contributed by atoms with van der Waals surface area (Å²) in [4.78, 5) is 4.33. The molecule has 0 saturated carbocycles. The van der Waals surface area contributed by atoms with Crippen molar-refractivity contribution in [3.8, 4) is 16.8 Å². The minimum absolute atomic E-state index is 0.0820. The third-order valence-electron chi connectivity index (χ3n) is 6.52. The average Bonchev–Trinajstić information content (AvgIpc) is 3.37. The molecule has 0 aliphatic rings. The second-order valence-electron chi connectivity index (χ2n) is 8.99. The number of halogens is 3. The number of hydrogen-bond acceptors (Lipinski definition) is 3. The number of para-hydroxylation sites is 1. The van der Waals surface area contributed by atoms with Crippen LogP contribution in [0.25, 0.3) is 38.6 Å². The van der Waals surface area contributed by atoms with E-state index in [1.54, 1.807) is 48.7 Å². The highest BCUT2D eigenvalue weighted by molar-refractivity contribution is 7.93. The monoisotopic (exact) mass is 543 g/mol. The molecule has 0 amide bonds. The van der Waals surface area contributed by atoms with Gasteiger partial charge >= 0.3 is 6.18 Å². The van der Waals surface area contributed by atoms with Crippen molar-refractivity contribution in [1.29, 1.82) is 0 Å². The van der Waals surface area contributed by atoms with Crippen LogP contribution in [0.3, 0.4) is 0 Å². The molecule has 2 aromatic heterocycles. The van der Waals surface area contributed by atoms with Crippen molar-refractivity contribution >= 4 is 37.5 Å². The van der Waals surface area contributed by atoms with Gasteiger partial charge in [0.05, 0.1) is 22.3 Å². The normalized spacial score (nSPS) is 12.2. The standard InChI is InChI=1S/C30H20F3N3O2S/c31-30(32,33)22-14-12-20(13-15-22)25-9-3-10-27-26(25)16-18-36(27)24-8-2-7-23(19-24)35-39(37,38)28-11-1-5-21-6-4-17-34-29(21)28/h1-19,35H. The summed E-state index contributed by atoms with van der Waals surface area (Å²) in [5.41, 5.74) is 3.06. The molecule has 0 aliphatic carbocycles. The van der Waals surface area contributed by atoms with E-state index in [0.717, 1.165) is 34.0 Å². The zero-order valence-electron chi connectivity index (χ0n) is 20.2. The van der Waals surface area contributed by atoms with Crippen LogP contribution in [0.2, 0.25) is 0 Å². The minimum atomic E-state index is -4.40. The third-order valence-corrected chi connectivity index (χ3v) is 7.93. The van der Waals surface area contributed by atoms with E-state index in [0.29, 0.717) is 22.5 Å². The van der Waals surface area contributed by atoms with E-state index in [2.05, 4.69) is 9.71 Å². The van der Waals surface area contributed by atoms with Crippen LogP contribution in [0, 0.1) is 0 Å². The molecule has 0 saturated heterocycles. The molecule has 6 aromatic rings. The summed E-state index contributed by atoms with van der Waals surface area (Å²) in [6, 6.07) is 28.1. The first-order valence-corrected chi connectivity index (χ1v) is 13.4. The van der Waals surface area contributed by atoms with Crippen LogP contribution in [-0.4, -0.2) is 18.0 Å². The molecule has 0 radical (unpaired) electrons. The number of nitrogens with zero attached hydrogens (tertiary/aromatic N) is 2. The summed E-state index contributed by atoms with van der Waals surface area (Å²) < 4.78 is 70.2. The smallest absolute Gasteiger partial charge is 0.316 e. The van der Waals surface area contributed by atoms with Crippen LogP contribution < -0.4 is 4.72 Å². The molecule has 194 valence electrons. The maximum absolute atomic E-state index is 13.3. The molecular weight excluding hydrogens is 523 g/mol. The van der Waals surface area contributed by atoms with Crippen LogP contribution in [0.15, 0.2) is 120 Å². The van der Waals surface area contributed by atoms with Gasteiger partial charge in [0.1, 0.15) is 4.90 Å². The van der Waals surface area contributed by atoms with E-state index in [1.165, 1.54) is 18.2 Å². The fraction of sp³-hybridized carbons (Fsp3) is 0.0333. The Bertz CT molecular complexity index is 1940. The molecule has 0 aliphatic heterocycles. The SMILES string of the molecule is O=S(=O)(Nc1cccc(-n2ccc3c(-c4ccc(C(F)(F)F)cc4)cccc32)c1)c1cccc2cccnc12. The summed E-state index contributed by atoms with van der Waals surface area (Å²) >= 11 is 0. The lowest BCUT2D eigenvalue weighted by atomic mass is 10.0. The predicted octanol–water partition coefficient (Wildman–Crippen LogP) is 7.67. The van der Waals surface area contributed by atoms with Gasteiger partial charge in [0, 0.05) is 28.9 Å². The van der Waals surface area contributed by atoms with E-state index in [4.69, 9.17) is 0 Å². The summed E-state index contributed by atoms with van der Waals surface area (Å²) in [5.74, 6) is 0. The van der Waals surface area contributed by atoms with Crippen LogP contribution in [-0.2, 0) is 16.2 Å². The molecule has 5 nitrogen and oxygen atoms in total. The van der Waals surface area contributed by atoms with Gasteiger partial charge in [-0.1, -0.05) is 48.5 Å². The predicted molar refractivity (Wildman–Crippen MR) is 146 cm³/mol. The number of pyridine rings is 1. The van der Waals surface area contributed by atoms with Crippen LogP contribution >= 0.6 is 0 Å². The molecular formula is C30H20F3N3O2S. The van der Waals surface area contributed by atoms with Crippen molar-refractivity contribution in [1.82, 2.24) is 9.55 Å². The highest BCUT2D eigenvalue weighted by Gasteiger charge is 2.30. The number of benzene rings is 4. The van der Waals surface area contributed by atoms with Gasteiger partial charge in [0.15, 0.2) is 0 Å². The van der Waals surface area contributed by atoms with E-state index >= 15 is 0 Å². The zero-order valence-corrected chi connectivity index (χ0v) is 21.0. The molecule has 0 spiro atoms. The Hall–Kier alpha value is -4.63. The Labute approximate surface area is 222 Å². The van der Waals surface area contributed by atoms with Crippen LogP contribution in [0.1, 0.15) is 5.56 Å². The Kier molecular flexibility index (Phi) is 5.88. The van der Waals surface area contributed by atoms with Gasteiger partial charge in [-0.05, 0) is 65.7 Å². The second-order valence-corrected chi connectivity index (χ2v) is 10.6. The van der Waals surface area contributed by atoms with Gasteiger partial charge in [-0.3, -0.25) is 9.71 Å². The van der Waals surface area contributed by atoms with E-state index in [1.807, 2.05) is 41.1 Å². The van der Waals surface area contributed by atoms with Crippen LogP contribution in [0.5, 0.6) is 0 Å². The summed E-state index contributed by atoms with van der Waals surface area (Å²) in [6.45, 7) is 0. The van der Waals surface area contributed by atoms with Gasteiger partial charge in [0.25, 0.3) is 10.0 Å². The topological polar surface area (TPSA) is 64.0 Å². The van der Waals surface area contributed by atoms with Gasteiger partial charge in [-0.15, -0.1) is 0 Å². The second kappa shape index (κ2) is 9.28. The van der Waals surface area contributed by atoms with Gasteiger partial charge in [0.2, 0.25) is 0 Å². The van der Waals surface area contributed by atoms with Gasteiger partial charge in [-0.25, -0.2) is 8.42 Å². The first-order valence-electron chi connectivity index (χ1n) is 12.0. The number of rotatable bonds is 5. The quantitative estimate of drug-likeness (QED) is 0.243. The van der Waals surface area contributed by atoms with E-state index < -0.39 is 21.8 Å². The summed E-state index contributed by atoms with van der Waals surface area (Å²) in [7, 11) is -3.93. The fourth-order valence-corrected chi connectivity index (χ4v) is 5.94. The lowest BCUT2D eigenvalue weighted by Gasteiger charge is -2.13. The van der Waals surface area contributed by atoms with E-state index in [-0.39, 0.29) is 4.90 Å². The highest BCUT2D eigenvalue weighted by atomic mass is 32.2. The first-order chi connectivity index (χ1) is 18.7. The van der Waals surface area contributed by atoms with Crippen molar-refractivity contribution in [3.63, 3.8) is 0 Å². The Balaban J connectivity index is 1.35. The maximum Gasteiger partial charge on any atom is 0.416 e. The molecule has 0 atom stereocenters. The Morgan fingerprint density at radius 1 is 0.795 bits per heavy atom. The summed E-state index contributed by atoms with van der Waals surface area (Å²) in [6.07, 6.45) is -0.997. The largest absolute Gasteiger partial charge is 0.416 e. The molecule has 0 fully saturated rings. The van der Waals surface area contributed by atoms with Crippen molar-refractivity contribution < 1.29 is 21.6 Å². The molecule has 0 unspecified atom stereocenters. The van der Waals surface area contributed by atoms with Crippen molar-refractivity contribution in [2.45, 2.75) is 11.1 Å². The number of alkyl halides is 3. The first kappa shape index (κ1) is 24.7. The Morgan fingerprint density at radius 3 is 2.33 bits per heavy atom. The average molecular weight is 544 g/mol. The highest BCUT2D eigenvalue weighted by Crippen LogP contribution is 2.34. The maximum atomic E-state index is 13.3. The number of hydrogen-bond donors (Lipinski definition) is 1. The molecule has 9 heteroatoms. The van der Waals surface area contributed by atoms with Crippen molar-refractivity contribution in [2.75, 3.05) is 4.72 Å². The van der Waals surface area contributed by atoms with Crippen molar-refractivity contribution in [2.24, 2.45) is 0 Å². The number of sulfonamides is 1. The van der Waals surface area contributed by atoms with Gasteiger partial charge < -0.3 is 4.57 Å². The number of anilines is 1. The van der Waals surface area contributed by atoms with Gasteiger partial charge in [-0.2, -0.15) is 13.2 Å². The van der Waals surface area contributed by atoms with Crippen molar-refractivity contribution in [3.05, 3.63) is 121 Å². The molecule has 39 heavy (non-hydrogen) atoms.